The first-order chi connectivity index (χ1) is 18.7. The summed E-state index contributed by atoms with van der Waals surface area (Å²) in [5, 5.41) is 0. The molecule has 39 heavy (non-hydrogen) atoms. The monoisotopic (exact) mass is 558 g/mol. The molecule has 3 rings (SSSR count). The Labute approximate surface area is 235 Å². The summed E-state index contributed by atoms with van der Waals surface area (Å²) in [6.45, 7) is 14.1. The molecule has 0 radical (unpaired) electrons. The van der Waals surface area contributed by atoms with E-state index in [0.29, 0.717) is 23.2 Å². The average Bonchev–Trinajstić information content (AvgIpc) is 2.93. The van der Waals surface area contributed by atoms with Crippen LogP contribution < -0.4 is 4.74 Å². The predicted molar refractivity (Wildman–Crippen MR) is 154 cm³/mol. The number of methoxy groups -OCH3 is 2. The quantitative estimate of drug-likeness (QED) is 0.199. The van der Waals surface area contributed by atoms with Crippen LogP contribution in [0.3, 0.4) is 0 Å². The largest absolute Gasteiger partial charge is 0.497 e. The molecule has 7 nitrogen and oxygen atoms in total. The molecule has 0 aliphatic carbocycles. The summed E-state index contributed by atoms with van der Waals surface area (Å²) in [6.07, 6.45) is -2.71. The molecule has 2 aromatic rings. The van der Waals surface area contributed by atoms with Crippen molar-refractivity contribution in [3.8, 4) is 5.75 Å². The maximum Gasteiger partial charge on any atom is 0.201 e. The predicted octanol–water partition coefficient (Wildman–Crippen LogP) is 6.30. The standard InChI is InChI=1S/C31H46O7Si/c1-21(2)39(22(3)4,23(5)6)38-29-28(35-20-25-14-16-26(33-7)17-15-25)27(18-32)37-31(34-8)30(29)36-19-24-12-10-9-11-13-24/h9-18,21-23,27-31H,19-20H2,1-8H3/t27-,28-,29+,30-,31+/m1/s1. The maximum atomic E-state index is 12.4. The minimum atomic E-state index is -2.42. The second-order valence-electron chi connectivity index (χ2n) is 11.1. The fraction of sp³-hybridized carbons (Fsp3) is 0.581. The molecule has 0 amide bonds. The Bertz CT molecular complexity index is 974. The van der Waals surface area contributed by atoms with E-state index in [4.69, 9.17) is 28.1 Å². The summed E-state index contributed by atoms with van der Waals surface area (Å²) in [7, 11) is 0.789. The molecule has 0 N–H and O–H groups in total. The molecule has 2 aromatic carbocycles. The smallest absolute Gasteiger partial charge is 0.201 e. The van der Waals surface area contributed by atoms with Gasteiger partial charge in [-0.3, -0.25) is 0 Å². The van der Waals surface area contributed by atoms with E-state index in [0.717, 1.165) is 23.2 Å². The van der Waals surface area contributed by atoms with E-state index in [1.807, 2.05) is 54.6 Å². The van der Waals surface area contributed by atoms with Crippen LogP contribution in [0.15, 0.2) is 54.6 Å². The molecule has 1 heterocycles. The Morgan fingerprint density at radius 1 is 0.769 bits per heavy atom. The van der Waals surface area contributed by atoms with Gasteiger partial charge < -0.3 is 32.9 Å². The van der Waals surface area contributed by atoms with Crippen molar-refractivity contribution in [1.82, 2.24) is 0 Å². The van der Waals surface area contributed by atoms with Crippen molar-refractivity contribution in [2.75, 3.05) is 14.2 Å². The molecule has 5 atom stereocenters. The molecular weight excluding hydrogens is 512 g/mol. The van der Waals surface area contributed by atoms with Crippen molar-refractivity contribution >= 4 is 14.6 Å². The fourth-order valence-corrected chi connectivity index (χ4v) is 11.5. The molecule has 216 valence electrons. The van der Waals surface area contributed by atoms with E-state index < -0.39 is 39.0 Å². The average molecular weight is 559 g/mol. The fourth-order valence-electron chi connectivity index (χ4n) is 5.96. The molecule has 0 spiro atoms. The zero-order valence-electron chi connectivity index (χ0n) is 24.7. The Morgan fingerprint density at radius 2 is 1.31 bits per heavy atom. The Kier molecular flexibility index (Phi) is 11.7. The highest BCUT2D eigenvalue weighted by Gasteiger charge is 2.55. The summed E-state index contributed by atoms with van der Waals surface area (Å²) in [4.78, 5) is 12.4. The third-order valence-electron chi connectivity index (χ3n) is 7.83. The minimum Gasteiger partial charge on any atom is -0.497 e. The number of rotatable bonds is 14. The number of aldehydes is 1. The second-order valence-corrected chi connectivity index (χ2v) is 16.5. The van der Waals surface area contributed by atoms with E-state index in [2.05, 4.69) is 41.5 Å². The molecule has 0 saturated carbocycles. The van der Waals surface area contributed by atoms with Gasteiger partial charge in [0, 0.05) is 7.11 Å². The Balaban J connectivity index is 2.00. The van der Waals surface area contributed by atoms with Crippen molar-refractivity contribution in [2.24, 2.45) is 0 Å². The van der Waals surface area contributed by atoms with Gasteiger partial charge in [-0.25, -0.2) is 0 Å². The third-order valence-corrected chi connectivity index (χ3v) is 13.9. The summed E-state index contributed by atoms with van der Waals surface area (Å²) >= 11 is 0. The van der Waals surface area contributed by atoms with Gasteiger partial charge in [0.25, 0.3) is 0 Å². The third kappa shape index (κ3) is 7.37. The van der Waals surface area contributed by atoms with Crippen molar-refractivity contribution in [3.05, 3.63) is 65.7 Å². The lowest BCUT2D eigenvalue weighted by Gasteiger charge is -2.51. The van der Waals surface area contributed by atoms with Crippen LogP contribution >= 0.6 is 0 Å². The van der Waals surface area contributed by atoms with Gasteiger partial charge in [0.15, 0.2) is 12.6 Å². The number of hydrogen-bond acceptors (Lipinski definition) is 7. The minimum absolute atomic E-state index is 0.283. The molecular formula is C31H46O7Si. The first-order valence-electron chi connectivity index (χ1n) is 13.9. The molecule has 1 aliphatic heterocycles. The van der Waals surface area contributed by atoms with Crippen molar-refractivity contribution < 1.29 is 32.9 Å². The molecule has 0 unspecified atom stereocenters. The highest BCUT2D eigenvalue weighted by atomic mass is 28.4. The highest BCUT2D eigenvalue weighted by molar-refractivity contribution is 6.77. The summed E-state index contributed by atoms with van der Waals surface area (Å²) in [6, 6.07) is 17.7. The Morgan fingerprint density at radius 3 is 1.79 bits per heavy atom. The van der Waals surface area contributed by atoms with E-state index >= 15 is 0 Å². The molecule has 1 fully saturated rings. The van der Waals surface area contributed by atoms with Crippen molar-refractivity contribution in [2.45, 2.75) is 102 Å². The van der Waals surface area contributed by atoms with Crippen molar-refractivity contribution in [1.29, 1.82) is 0 Å². The normalized spacial score (nSPS) is 23.9. The molecule has 1 saturated heterocycles. The van der Waals surface area contributed by atoms with Crippen LogP contribution in [-0.2, 0) is 41.4 Å². The van der Waals surface area contributed by atoms with Gasteiger partial charge in [-0.2, -0.15) is 0 Å². The lowest BCUT2D eigenvalue weighted by Crippen LogP contribution is -2.65. The molecule has 1 aliphatic rings. The van der Waals surface area contributed by atoms with E-state index in [1.165, 1.54) is 0 Å². The SMILES string of the molecule is COc1ccc(CO[C@H]2[C@H](O[Si](C(C)C)(C(C)C)C(C)C)[C@@H](OCc3ccccc3)[C@@H](OC)O[C@@H]2C=O)cc1. The summed E-state index contributed by atoms with van der Waals surface area (Å²) in [5.74, 6) is 0.769. The lowest BCUT2D eigenvalue weighted by atomic mass is 9.99. The number of ether oxygens (including phenoxy) is 5. The topological polar surface area (TPSA) is 72.5 Å². The van der Waals surface area contributed by atoms with E-state index in [9.17, 15) is 4.79 Å². The van der Waals surface area contributed by atoms with Gasteiger partial charge in [0.1, 0.15) is 30.2 Å². The van der Waals surface area contributed by atoms with Gasteiger partial charge in [0.2, 0.25) is 8.32 Å². The maximum absolute atomic E-state index is 12.4. The van der Waals surface area contributed by atoms with Gasteiger partial charge in [-0.15, -0.1) is 0 Å². The van der Waals surface area contributed by atoms with Crippen LogP contribution in [-0.4, -0.2) is 59.5 Å². The molecule has 0 bridgehead atoms. The zero-order valence-corrected chi connectivity index (χ0v) is 25.7. The van der Waals surface area contributed by atoms with Crippen LogP contribution in [0.1, 0.15) is 52.7 Å². The number of benzene rings is 2. The van der Waals surface area contributed by atoms with Crippen LogP contribution in [0.4, 0.5) is 0 Å². The van der Waals surface area contributed by atoms with Crippen LogP contribution in [0.25, 0.3) is 0 Å². The number of carbonyl (C=O) groups excluding carboxylic acids is 1. The second kappa shape index (κ2) is 14.5. The van der Waals surface area contributed by atoms with Gasteiger partial charge in [0.05, 0.1) is 20.3 Å². The summed E-state index contributed by atoms with van der Waals surface area (Å²) in [5.41, 5.74) is 2.96. The number of carbonyl (C=O) groups is 1. The first kappa shape index (κ1) is 31.5. The first-order valence-corrected chi connectivity index (χ1v) is 16.0. The van der Waals surface area contributed by atoms with Crippen LogP contribution in [0.2, 0.25) is 16.6 Å². The van der Waals surface area contributed by atoms with Crippen LogP contribution in [0, 0.1) is 0 Å². The van der Waals surface area contributed by atoms with E-state index in [1.54, 1.807) is 14.2 Å². The van der Waals surface area contributed by atoms with Gasteiger partial charge in [-0.1, -0.05) is 84.0 Å². The molecule has 0 aromatic heterocycles. The van der Waals surface area contributed by atoms with Gasteiger partial charge in [-0.05, 0) is 39.9 Å². The lowest BCUT2D eigenvalue weighted by molar-refractivity contribution is -0.298. The zero-order chi connectivity index (χ0) is 28.6. The summed E-state index contributed by atoms with van der Waals surface area (Å²) < 4.78 is 37.5. The number of hydrogen-bond donors (Lipinski definition) is 0. The van der Waals surface area contributed by atoms with E-state index in [-0.39, 0.29) is 6.61 Å². The Hall–Kier alpha value is -2.07. The van der Waals surface area contributed by atoms with Crippen LogP contribution in [0.5, 0.6) is 5.75 Å². The molecule has 8 heteroatoms. The highest BCUT2D eigenvalue weighted by Crippen LogP contribution is 2.45. The van der Waals surface area contributed by atoms with Gasteiger partial charge >= 0.3 is 0 Å². The van der Waals surface area contributed by atoms with Crippen molar-refractivity contribution in [3.63, 3.8) is 0 Å².